The molecule has 4 heteroatoms. The normalized spacial score (nSPS) is 10.1. The van der Waals surface area contributed by atoms with Crippen molar-refractivity contribution < 1.29 is 9.59 Å². The van der Waals surface area contributed by atoms with Crippen molar-refractivity contribution in [3.05, 3.63) is 82.9 Å². The summed E-state index contributed by atoms with van der Waals surface area (Å²) in [5.74, 6) is 6.02. The molecule has 3 aromatic carbocycles. The number of carbonyl (C=O) groups excluding carboxylic acids is 2. The van der Waals surface area contributed by atoms with Crippen LogP contribution in [0.1, 0.15) is 31.8 Å². The third-order valence-electron chi connectivity index (χ3n) is 3.54. The molecular weight excluding hydrogens is 343 g/mol. The molecule has 2 nitrogen and oxygen atoms in total. The van der Waals surface area contributed by atoms with Crippen LogP contribution in [0.15, 0.2) is 60.7 Å². The molecule has 0 aromatic heterocycles. The molecule has 0 N–H and O–H groups in total. The minimum absolute atomic E-state index is 0.297. The van der Waals surface area contributed by atoms with Gasteiger partial charge in [-0.1, -0.05) is 42.2 Å². The first-order valence-electron chi connectivity index (χ1n) is 7.10. The fourth-order valence-corrected chi connectivity index (χ4v) is 2.78. The van der Waals surface area contributed by atoms with E-state index in [4.69, 9.17) is 23.2 Å². The van der Waals surface area contributed by atoms with Crippen molar-refractivity contribution in [2.45, 2.75) is 0 Å². The SMILES string of the molecule is O=C(Cl)c1cc(C#Cc2ccccc2)cc2c(C(=O)Cl)cccc12. The van der Waals surface area contributed by atoms with E-state index >= 15 is 0 Å². The van der Waals surface area contributed by atoms with Crippen molar-refractivity contribution in [2.24, 2.45) is 0 Å². The van der Waals surface area contributed by atoms with Crippen LogP contribution in [0.3, 0.4) is 0 Å². The predicted molar refractivity (Wildman–Crippen MR) is 96.7 cm³/mol. The summed E-state index contributed by atoms with van der Waals surface area (Å²) >= 11 is 11.3. The average Bonchev–Trinajstić information content (AvgIpc) is 2.59. The molecule has 0 radical (unpaired) electrons. The van der Waals surface area contributed by atoms with E-state index in [1.54, 1.807) is 30.3 Å². The lowest BCUT2D eigenvalue weighted by atomic mass is 9.98. The van der Waals surface area contributed by atoms with Crippen LogP contribution < -0.4 is 0 Å². The average molecular weight is 353 g/mol. The monoisotopic (exact) mass is 352 g/mol. The molecule has 116 valence electrons. The summed E-state index contributed by atoms with van der Waals surface area (Å²) < 4.78 is 0. The minimum Gasteiger partial charge on any atom is -0.276 e. The van der Waals surface area contributed by atoms with Gasteiger partial charge in [0.05, 0.1) is 0 Å². The third-order valence-corrected chi connectivity index (χ3v) is 3.95. The Morgan fingerprint density at radius 1 is 0.667 bits per heavy atom. The van der Waals surface area contributed by atoms with E-state index in [9.17, 15) is 9.59 Å². The lowest BCUT2D eigenvalue weighted by molar-refractivity contribution is 0.107. The van der Waals surface area contributed by atoms with Crippen LogP contribution in [-0.2, 0) is 0 Å². The highest BCUT2D eigenvalue weighted by molar-refractivity contribution is 6.69. The molecule has 0 atom stereocenters. The van der Waals surface area contributed by atoms with Gasteiger partial charge in [0, 0.05) is 22.3 Å². The van der Waals surface area contributed by atoms with Gasteiger partial charge in [-0.3, -0.25) is 9.59 Å². The lowest BCUT2D eigenvalue weighted by Gasteiger charge is -2.07. The first-order chi connectivity index (χ1) is 11.6. The number of benzene rings is 3. The van der Waals surface area contributed by atoms with Gasteiger partial charge in [-0.05, 0) is 64.3 Å². The lowest BCUT2D eigenvalue weighted by Crippen LogP contribution is -1.97. The van der Waals surface area contributed by atoms with Crippen LogP contribution in [0, 0.1) is 11.8 Å². The Morgan fingerprint density at radius 3 is 2.00 bits per heavy atom. The predicted octanol–water partition coefficient (Wildman–Crippen LogP) is 5.00. The summed E-state index contributed by atoms with van der Waals surface area (Å²) in [6.45, 7) is 0. The Bertz CT molecular complexity index is 1010. The number of halogens is 2. The van der Waals surface area contributed by atoms with Gasteiger partial charge in [0.1, 0.15) is 0 Å². The fourth-order valence-electron chi connectivity index (χ4n) is 2.46. The van der Waals surface area contributed by atoms with Gasteiger partial charge in [0.15, 0.2) is 0 Å². The molecule has 0 bridgehead atoms. The van der Waals surface area contributed by atoms with E-state index in [0.29, 0.717) is 27.5 Å². The van der Waals surface area contributed by atoms with Crippen molar-refractivity contribution in [3.63, 3.8) is 0 Å². The number of rotatable bonds is 2. The Balaban J connectivity index is 2.23. The molecule has 0 saturated carbocycles. The maximum absolute atomic E-state index is 11.8. The van der Waals surface area contributed by atoms with E-state index < -0.39 is 10.5 Å². The minimum atomic E-state index is -0.609. The molecule has 0 aliphatic rings. The highest BCUT2D eigenvalue weighted by Crippen LogP contribution is 2.26. The summed E-state index contributed by atoms with van der Waals surface area (Å²) in [6.07, 6.45) is 0. The van der Waals surface area contributed by atoms with Crippen molar-refractivity contribution in [1.82, 2.24) is 0 Å². The van der Waals surface area contributed by atoms with Crippen LogP contribution in [-0.4, -0.2) is 10.5 Å². The summed E-state index contributed by atoms with van der Waals surface area (Å²) in [7, 11) is 0. The Hall–Kier alpha value is -2.60. The van der Waals surface area contributed by atoms with Crippen molar-refractivity contribution in [2.75, 3.05) is 0 Å². The molecule has 3 rings (SSSR count). The van der Waals surface area contributed by atoms with Crippen LogP contribution in [0.2, 0.25) is 0 Å². The van der Waals surface area contributed by atoms with E-state index in [1.165, 1.54) is 0 Å². The van der Waals surface area contributed by atoms with Gasteiger partial charge in [0.2, 0.25) is 0 Å². The molecule has 0 heterocycles. The maximum atomic E-state index is 11.8. The first kappa shape index (κ1) is 16.3. The van der Waals surface area contributed by atoms with Gasteiger partial charge < -0.3 is 0 Å². The smallest absolute Gasteiger partial charge is 0.253 e. The second-order valence-corrected chi connectivity index (χ2v) is 5.77. The number of hydrogen-bond acceptors (Lipinski definition) is 2. The molecule has 0 aliphatic carbocycles. The van der Waals surface area contributed by atoms with Crippen LogP contribution in [0.4, 0.5) is 0 Å². The molecule has 0 saturated heterocycles. The molecule has 0 aliphatic heterocycles. The zero-order chi connectivity index (χ0) is 17.1. The molecule has 0 spiro atoms. The summed E-state index contributed by atoms with van der Waals surface area (Å²) in [5, 5.41) is -0.0719. The van der Waals surface area contributed by atoms with E-state index in [-0.39, 0.29) is 0 Å². The fraction of sp³-hybridized carbons (Fsp3) is 0. The van der Waals surface area contributed by atoms with Crippen LogP contribution in [0.5, 0.6) is 0 Å². The van der Waals surface area contributed by atoms with Gasteiger partial charge >= 0.3 is 0 Å². The zero-order valence-corrected chi connectivity index (χ0v) is 13.9. The first-order valence-corrected chi connectivity index (χ1v) is 7.85. The zero-order valence-electron chi connectivity index (χ0n) is 12.3. The second kappa shape index (κ2) is 6.88. The van der Waals surface area contributed by atoms with Crippen molar-refractivity contribution >= 4 is 44.5 Å². The largest absolute Gasteiger partial charge is 0.276 e. The van der Waals surface area contributed by atoms with Gasteiger partial charge in [-0.25, -0.2) is 0 Å². The van der Waals surface area contributed by atoms with E-state index in [0.717, 1.165) is 5.56 Å². The van der Waals surface area contributed by atoms with Crippen molar-refractivity contribution in [3.8, 4) is 11.8 Å². The standard InChI is InChI=1S/C20H10Cl2O2/c21-19(23)16-8-4-7-15-17(16)11-14(12-18(15)20(22)24)10-9-13-5-2-1-3-6-13/h1-8,11-12H. The van der Waals surface area contributed by atoms with Crippen LogP contribution >= 0.6 is 23.2 Å². The number of hydrogen-bond donors (Lipinski definition) is 0. The highest BCUT2D eigenvalue weighted by atomic mass is 35.5. The van der Waals surface area contributed by atoms with Gasteiger partial charge in [-0.2, -0.15) is 0 Å². The Kier molecular flexibility index (Phi) is 4.66. The molecular formula is C20H10Cl2O2. The topological polar surface area (TPSA) is 34.1 Å². The van der Waals surface area contributed by atoms with Gasteiger partial charge in [-0.15, -0.1) is 0 Å². The molecule has 3 aromatic rings. The van der Waals surface area contributed by atoms with E-state index in [2.05, 4.69) is 11.8 Å². The summed E-state index contributed by atoms with van der Waals surface area (Å²) in [4.78, 5) is 23.4. The molecule has 0 fully saturated rings. The molecule has 0 unspecified atom stereocenters. The number of fused-ring (bicyclic) bond motifs is 1. The Morgan fingerprint density at radius 2 is 1.33 bits per heavy atom. The summed E-state index contributed by atoms with van der Waals surface area (Å²) in [5.41, 5.74) is 2.04. The van der Waals surface area contributed by atoms with Crippen molar-refractivity contribution in [1.29, 1.82) is 0 Å². The molecule has 24 heavy (non-hydrogen) atoms. The Labute approximate surface area is 149 Å². The van der Waals surface area contributed by atoms with Crippen LogP contribution in [0.25, 0.3) is 10.8 Å². The maximum Gasteiger partial charge on any atom is 0.253 e. The summed E-state index contributed by atoms with van der Waals surface area (Å²) in [6, 6.07) is 17.8. The second-order valence-electron chi connectivity index (χ2n) is 5.09. The molecule has 0 amide bonds. The number of carbonyl (C=O) groups is 2. The van der Waals surface area contributed by atoms with E-state index in [1.807, 2.05) is 30.3 Å². The highest BCUT2D eigenvalue weighted by Gasteiger charge is 2.14. The van der Waals surface area contributed by atoms with Gasteiger partial charge in [0.25, 0.3) is 10.5 Å². The quantitative estimate of drug-likeness (QED) is 0.480. The third kappa shape index (κ3) is 3.33.